The molecule has 0 aromatic carbocycles. The van der Waals surface area contributed by atoms with Crippen LogP contribution in [-0.2, 0) is 14.3 Å². The topological polar surface area (TPSA) is 55.8 Å². The summed E-state index contributed by atoms with van der Waals surface area (Å²) in [6, 6.07) is 0. The van der Waals surface area contributed by atoms with Crippen LogP contribution in [-0.4, -0.2) is 42.8 Å². The van der Waals surface area contributed by atoms with Crippen molar-refractivity contribution in [2.45, 2.75) is 32.8 Å². The number of rotatable bonds is 7. The van der Waals surface area contributed by atoms with Gasteiger partial charge in [-0.2, -0.15) is 0 Å². The van der Waals surface area contributed by atoms with Gasteiger partial charge in [0.05, 0.1) is 13.0 Å². The minimum atomic E-state index is -0.588. The zero-order valence-electron chi connectivity index (χ0n) is 12.8. The number of nitrogens with zero attached hydrogens (tertiary/aromatic N) is 1. The summed E-state index contributed by atoms with van der Waals surface area (Å²) in [4.78, 5) is 25.2. The lowest BCUT2D eigenvalue weighted by atomic mass is 10.1. The number of hydrogen-bond donors (Lipinski definition) is 0. The Balaban J connectivity index is 4.88. The third-order valence-electron chi connectivity index (χ3n) is 2.43. The van der Waals surface area contributed by atoms with Gasteiger partial charge in [-0.05, 0) is 27.2 Å². The maximum atomic E-state index is 12.1. The maximum absolute atomic E-state index is 12.1. The standard InChI is InChI=1S/C15H25NO4/c1-7-9-12(13(17)19-6)11-16(10-8-2)14(18)20-15(3,4)5/h7-8,12H,1-2,9-11H2,3-6H3. The predicted octanol–water partition coefficient (Wildman–Crippen LogP) is 2.77. The molecule has 0 aliphatic rings. The molecule has 0 aromatic rings. The van der Waals surface area contributed by atoms with Gasteiger partial charge in [-0.3, -0.25) is 4.79 Å². The van der Waals surface area contributed by atoms with Crippen molar-refractivity contribution in [2.75, 3.05) is 20.2 Å². The summed E-state index contributed by atoms with van der Waals surface area (Å²) in [5, 5.41) is 0. The molecule has 0 bridgehead atoms. The monoisotopic (exact) mass is 283 g/mol. The Morgan fingerprint density at radius 2 is 1.85 bits per heavy atom. The quantitative estimate of drug-likeness (QED) is 0.532. The van der Waals surface area contributed by atoms with Crippen LogP contribution in [0, 0.1) is 5.92 Å². The molecule has 114 valence electrons. The molecular weight excluding hydrogens is 258 g/mol. The summed E-state index contributed by atoms with van der Waals surface area (Å²) in [5.74, 6) is -0.826. The Hall–Kier alpha value is -1.78. The first-order valence-electron chi connectivity index (χ1n) is 6.52. The summed E-state index contributed by atoms with van der Waals surface area (Å²) in [6.45, 7) is 13.1. The molecular formula is C15H25NO4. The van der Waals surface area contributed by atoms with Crippen LogP contribution in [0.15, 0.2) is 25.3 Å². The van der Waals surface area contributed by atoms with Gasteiger partial charge in [0.2, 0.25) is 0 Å². The van der Waals surface area contributed by atoms with E-state index in [2.05, 4.69) is 13.2 Å². The lowest BCUT2D eigenvalue weighted by Crippen LogP contribution is -2.41. The highest BCUT2D eigenvalue weighted by Crippen LogP contribution is 2.14. The highest BCUT2D eigenvalue weighted by atomic mass is 16.6. The van der Waals surface area contributed by atoms with Gasteiger partial charge in [0.1, 0.15) is 5.60 Å². The first-order valence-corrected chi connectivity index (χ1v) is 6.52. The molecule has 20 heavy (non-hydrogen) atoms. The molecule has 0 saturated heterocycles. The number of methoxy groups -OCH3 is 1. The molecule has 1 unspecified atom stereocenters. The van der Waals surface area contributed by atoms with E-state index in [9.17, 15) is 9.59 Å². The number of carbonyl (C=O) groups is 2. The van der Waals surface area contributed by atoms with Crippen LogP contribution >= 0.6 is 0 Å². The van der Waals surface area contributed by atoms with Crippen molar-refractivity contribution < 1.29 is 19.1 Å². The number of esters is 1. The zero-order chi connectivity index (χ0) is 15.8. The molecule has 0 aliphatic carbocycles. The first-order chi connectivity index (χ1) is 9.25. The Morgan fingerprint density at radius 3 is 2.25 bits per heavy atom. The van der Waals surface area contributed by atoms with E-state index in [1.165, 1.54) is 12.0 Å². The molecule has 0 aliphatic heterocycles. The van der Waals surface area contributed by atoms with Gasteiger partial charge >= 0.3 is 12.1 Å². The number of ether oxygens (including phenoxy) is 2. The number of hydrogen-bond acceptors (Lipinski definition) is 4. The van der Waals surface area contributed by atoms with Gasteiger partial charge < -0.3 is 14.4 Å². The number of amides is 1. The molecule has 0 spiro atoms. The highest BCUT2D eigenvalue weighted by molar-refractivity contribution is 5.74. The van der Waals surface area contributed by atoms with Gasteiger partial charge in [0.25, 0.3) is 0 Å². The van der Waals surface area contributed by atoms with E-state index in [0.29, 0.717) is 13.0 Å². The average molecular weight is 283 g/mol. The fourth-order valence-electron chi connectivity index (χ4n) is 1.59. The van der Waals surface area contributed by atoms with Crippen LogP contribution in [0.4, 0.5) is 4.79 Å². The molecule has 0 fully saturated rings. The molecule has 0 aromatic heterocycles. The van der Waals surface area contributed by atoms with E-state index < -0.39 is 17.6 Å². The zero-order valence-corrected chi connectivity index (χ0v) is 12.8. The normalized spacial score (nSPS) is 12.2. The Kier molecular flexibility index (Phi) is 7.65. The molecule has 1 amide bonds. The van der Waals surface area contributed by atoms with Crippen molar-refractivity contribution in [1.29, 1.82) is 0 Å². The van der Waals surface area contributed by atoms with Gasteiger partial charge in [0, 0.05) is 13.1 Å². The van der Waals surface area contributed by atoms with Crippen LogP contribution in [0.1, 0.15) is 27.2 Å². The van der Waals surface area contributed by atoms with Gasteiger partial charge in [-0.1, -0.05) is 12.2 Å². The maximum Gasteiger partial charge on any atom is 0.410 e. The molecule has 1 atom stereocenters. The number of carbonyl (C=O) groups excluding carboxylic acids is 2. The Labute approximate surface area is 121 Å². The third-order valence-corrected chi connectivity index (χ3v) is 2.43. The lowest BCUT2D eigenvalue weighted by Gasteiger charge is -2.28. The number of allylic oxidation sites excluding steroid dienone is 1. The second-order valence-corrected chi connectivity index (χ2v) is 5.42. The molecule has 0 heterocycles. The molecule has 0 rings (SSSR count). The van der Waals surface area contributed by atoms with Crippen molar-refractivity contribution in [3.63, 3.8) is 0 Å². The first kappa shape index (κ1) is 18.2. The van der Waals surface area contributed by atoms with E-state index in [1.54, 1.807) is 32.9 Å². The highest BCUT2D eigenvalue weighted by Gasteiger charge is 2.27. The average Bonchev–Trinajstić information content (AvgIpc) is 2.34. The van der Waals surface area contributed by atoms with Gasteiger partial charge in [-0.15, -0.1) is 13.2 Å². The molecule has 0 radical (unpaired) electrons. The Morgan fingerprint density at radius 1 is 1.25 bits per heavy atom. The van der Waals surface area contributed by atoms with Crippen molar-refractivity contribution in [3.05, 3.63) is 25.3 Å². The van der Waals surface area contributed by atoms with Crippen LogP contribution in [0.25, 0.3) is 0 Å². The predicted molar refractivity (Wildman–Crippen MR) is 78.3 cm³/mol. The van der Waals surface area contributed by atoms with E-state index in [1.807, 2.05) is 0 Å². The largest absolute Gasteiger partial charge is 0.469 e. The van der Waals surface area contributed by atoms with E-state index in [0.717, 1.165) is 0 Å². The van der Waals surface area contributed by atoms with Crippen LogP contribution in [0.3, 0.4) is 0 Å². The Bertz CT molecular complexity index is 357. The molecule has 5 heteroatoms. The minimum Gasteiger partial charge on any atom is -0.469 e. The van der Waals surface area contributed by atoms with E-state index >= 15 is 0 Å². The van der Waals surface area contributed by atoms with E-state index in [-0.39, 0.29) is 12.5 Å². The summed E-state index contributed by atoms with van der Waals surface area (Å²) >= 11 is 0. The summed E-state index contributed by atoms with van der Waals surface area (Å²) in [7, 11) is 1.32. The minimum absolute atomic E-state index is 0.208. The second-order valence-electron chi connectivity index (χ2n) is 5.42. The van der Waals surface area contributed by atoms with Gasteiger partial charge in [-0.25, -0.2) is 4.79 Å². The lowest BCUT2D eigenvalue weighted by molar-refractivity contribution is -0.145. The van der Waals surface area contributed by atoms with Crippen molar-refractivity contribution in [2.24, 2.45) is 5.92 Å². The smallest absolute Gasteiger partial charge is 0.410 e. The van der Waals surface area contributed by atoms with E-state index in [4.69, 9.17) is 9.47 Å². The summed E-state index contributed by atoms with van der Waals surface area (Å²) < 4.78 is 10.0. The second kappa shape index (κ2) is 8.40. The van der Waals surface area contributed by atoms with Gasteiger partial charge in [0.15, 0.2) is 0 Å². The summed E-state index contributed by atoms with van der Waals surface area (Å²) in [6.07, 6.45) is 3.17. The molecule has 0 saturated carbocycles. The van der Waals surface area contributed by atoms with Crippen molar-refractivity contribution in [1.82, 2.24) is 4.90 Å². The molecule has 5 nitrogen and oxygen atoms in total. The fraction of sp³-hybridized carbons (Fsp3) is 0.600. The summed E-state index contributed by atoms with van der Waals surface area (Å²) in [5.41, 5.74) is -0.588. The van der Waals surface area contributed by atoms with Crippen molar-refractivity contribution in [3.8, 4) is 0 Å². The van der Waals surface area contributed by atoms with Crippen LogP contribution < -0.4 is 0 Å². The van der Waals surface area contributed by atoms with Crippen molar-refractivity contribution >= 4 is 12.1 Å². The third kappa shape index (κ3) is 6.97. The fourth-order valence-corrected chi connectivity index (χ4v) is 1.59. The van der Waals surface area contributed by atoms with Crippen LogP contribution in [0.5, 0.6) is 0 Å². The SMILES string of the molecule is C=CCC(CN(CC=C)C(=O)OC(C)(C)C)C(=O)OC. The van der Waals surface area contributed by atoms with Crippen LogP contribution in [0.2, 0.25) is 0 Å². The molecule has 0 N–H and O–H groups in total.